The van der Waals surface area contributed by atoms with Crippen LogP contribution in [0.25, 0.3) is 0 Å². The molecule has 1 fully saturated rings. The highest BCUT2D eigenvalue weighted by molar-refractivity contribution is 5.92. The monoisotopic (exact) mass is 272 g/mol. The van der Waals surface area contributed by atoms with Gasteiger partial charge in [0.2, 0.25) is 0 Å². The van der Waals surface area contributed by atoms with Crippen molar-refractivity contribution in [3.8, 4) is 0 Å². The van der Waals surface area contributed by atoms with E-state index in [1.807, 2.05) is 6.92 Å². The number of amides is 1. The third-order valence-electron chi connectivity index (χ3n) is 3.52. The lowest BCUT2D eigenvalue weighted by Gasteiger charge is -2.33. The summed E-state index contributed by atoms with van der Waals surface area (Å²) in [5.41, 5.74) is 6.88. The van der Waals surface area contributed by atoms with Gasteiger partial charge in [0.15, 0.2) is 5.76 Å². The average molecular weight is 273 g/mol. The summed E-state index contributed by atoms with van der Waals surface area (Å²) in [5.74, 6) is 0.229. The molecule has 1 saturated carbocycles. The van der Waals surface area contributed by atoms with Crippen molar-refractivity contribution in [3.63, 3.8) is 0 Å². The van der Waals surface area contributed by atoms with Crippen LogP contribution in [-0.2, 0) is 0 Å². The molecule has 0 aliphatic heterocycles. The van der Waals surface area contributed by atoms with Gasteiger partial charge >= 0.3 is 0 Å². The summed E-state index contributed by atoms with van der Waals surface area (Å²) in [6.07, 6.45) is 7.08. The first-order valence-corrected chi connectivity index (χ1v) is 6.22. The van der Waals surface area contributed by atoms with Gasteiger partial charge in [0.1, 0.15) is 0 Å². The number of furan rings is 1. The number of rotatable bonds is 3. The van der Waals surface area contributed by atoms with Gasteiger partial charge in [-0.1, -0.05) is 19.3 Å². The number of nitrogens with two attached hydrogens (primary N) is 1. The second-order valence-electron chi connectivity index (χ2n) is 5.04. The number of hydrogen-bond donors (Lipinski definition) is 2. The van der Waals surface area contributed by atoms with E-state index in [0.717, 1.165) is 31.2 Å². The van der Waals surface area contributed by atoms with E-state index in [0.29, 0.717) is 12.3 Å². The van der Waals surface area contributed by atoms with Gasteiger partial charge in [-0.2, -0.15) is 0 Å². The Hall–Kier alpha value is -1.00. The molecule has 0 spiro atoms. The maximum Gasteiger partial charge on any atom is 0.287 e. The van der Waals surface area contributed by atoms with Crippen molar-refractivity contribution in [2.45, 2.75) is 44.6 Å². The molecule has 0 unspecified atom stereocenters. The molecule has 1 aliphatic carbocycles. The topological polar surface area (TPSA) is 68.3 Å². The van der Waals surface area contributed by atoms with Gasteiger partial charge in [0.05, 0.1) is 6.26 Å². The van der Waals surface area contributed by atoms with Crippen molar-refractivity contribution < 1.29 is 9.21 Å². The molecule has 1 aromatic rings. The van der Waals surface area contributed by atoms with Crippen LogP contribution in [0.2, 0.25) is 0 Å². The quantitative estimate of drug-likeness (QED) is 0.888. The molecule has 1 aliphatic rings. The van der Waals surface area contributed by atoms with Crippen molar-refractivity contribution in [1.29, 1.82) is 0 Å². The number of hydrogen-bond acceptors (Lipinski definition) is 3. The van der Waals surface area contributed by atoms with Gasteiger partial charge in [0.25, 0.3) is 5.91 Å². The maximum atomic E-state index is 11.9. The van der Waals surface area contributed by atoms with E-state index in [4.69, 9.17) is 10.2 Å². The Labute approximate surface area is 114 Å². The van der Waals surface area contributed by atoms with E-state index in [9.17, 15) is 4.79 Å². The fraction of sp³-hybridized carbons (Fsp3) is 0.615. The summed E-state index contributed by atoms with van der Waals surface area (Å²) < 4.78 is 5.15. The fourth-order valence-electron chi connectivity index (χ4n) is 2.37. The Balaban J connectivity index is 0.00000162. The van der Waals surface area contributed by atoms with E-state index in [1.165, 1.54) is 12.7 Å². The van der Waals surface area contributed by atoms with Gasteiger partial charge in [0, 0.05) is 17.6 Å². The number of halogens is 1. The van der Waals surface area contributed by atoms with E-state index in [2.05, 4.69) is 5.32 Å². The highest BCUT2D eigenvalue weighted by atomic mass is 35.5. The zero-order valence-corrected chi connectivity index (χ0v) is 11.5. The summed E-state index contributed by atoms with van der Waals surface area (Å²) in [7, 11) is 0. The molecule has 1 aromatic heterocycles. The number of carbonyl (C=O) groups excluding carboxylic acids is 1. The molecule has 3 N–H and O–H groups in total. The molecule has 18 heavy (non-hydrogen) atoms. The van der Waals surface area contributed by atoms with Gasteiger partial charge < -0.3 is 15.5 Å². The van der Waals surface area contributed by atoms with Crippen LogP contribution >= 0.6 is 12.4 Å². The van der Waals surface area contributed by atoms with Crippen molar-refractivity contribution in [2.24, 2.45) is 5.73 Å². The first kappa shape index (κ1) is 15.1. The number of carbonyl (C=O) groups is 1. The second-order valence-corrected chi connectivity index (χ2v) is 5.04. The van der Waals surface area contributed by atoms with Crippen LogP contribution in [0.15, 0.2) is 16.7 Å². The highest BCUT2D eigenvalue weighted by Crippen LogP contribution is 2.25. The van der Waals surface area contributed by atoms with Crippen LogP contribution < -0.4 is 11.1 Å². The van der Waals surface area contributed by atoms with Crippen molar-refractivity contribution in [1.82, 2.24) is 5.32 Å². The van der Waals surface area contributed by atoms with E-state index in [1.54, 1.807) is 6.07 Å². The predicted molar refractivity (Wildman–Crippen MR) is 73.0 cm³/mol. The van der Waals surface area contributed by atoms with Crippen molar-refractivity contribution >= 4 is 18.3 Å². The molecular formula is C13H21ClN2O2. The lowest BCUT2D eigenvalue weighted by Crippen LogP contribution is -2.51. The van der Waals surface area contributed by atoms with Crippen molar-refractivity contribution in [2.75, 3.05) is 6.54 Å². The molecule has 102 valence electrons. The molecule has 1 heterocycles. The normalized spacial score (nSPS) is 17.9. The highest BCUT2D eigenvalue weighted by Gasteiger charge is 2.28. The van der Waals surface area contributed by atoms with E-state index >= 15 is 0 Å². The standard InChI is InChI=1S/C13H20N2O2.ClH/c1-10-5-8-17-11(10)12(16)15-9-13(14)6-3-2-4-7-13;/h5,8H,2-4,6-7,9,14H2,1H3,(H,15,16);1H. The average Bonchev–Trinajstić information content (AvgIpc) is 2.74. The molecule has 5 heteroatoms. The molecule has 0 atom stereocenters. The molecule has 1 amide bonds. The summed E-state index contributed by atoms with van der Waals surface area (Å²) in [5, 5.41) is 2.88. The predicted octanol–water partition coefficient (Wildman–Crippen LogP) is 2.40. The Morgan fingerprint density at radius 3 is 2.67 bits per heavy atom. The number of aryl methyl sites for hydroxylation is 1. The lowest BCUT2D eigenvalue weighted by atomic mass is 9.82. The zero-order valence-electron chi connectivity index (χ0n) is 10.7. The smallest absolute Gasteiger partial charge is 0.287 e. The summed E-state index contributed by atoms with van der Waals surface area (Å²) in [6, 6.07) is 1.79. The molecule has 0 radical (unpaired) electrons. The molecule has 0 aromatic carbocycles. The minimum Gasteiger partial charge on any atom is -0.459 e. The van der Waals surface area contributed by atoms with Crippen LogP contribution in [0.1, 0.15) is 48.2 Å². The molecule has 4 nitrogen and oxygen atoms in total. The Morgan fingerprint density at radius 2 is 2.11 bits per heavy atom. The van der Waals surface area contributed by atoms with Crippen molar-refractivity contribution in [3.05, 3.63) is 23.7 Å². The summed E-state index contributed by atoms with van der Waals surface area (Å²) in [4.78, 5) is 11.9. The molecular weight excluding hydrogens is 252 g/mol. The first-order chi connectivity index (χ1) is 8.11. The van der Waals surface area contributed by atoms with Gasteiger partial charge in [-0.3, -0.25) is 4.79 Å². The second kappa shape index (κ2) is 6.25. The largest absolute Gasteiger partial charge is 0.459 e. The maximum absolute atomic E-state index is 11.9. The van der Waals surface area contributed by atoms with Gasteiger partial charge in [-0.15, -0.1) is 12.4 Å². The van der Waals surface area contributed by atoms with Crippen LogP contribution in [0.5, 0.6) is 0 Å². The first-order valence-electron chi connectivity index (χ1n) is 6.22. The van der Waals surface area contributed by atoms with E-state index < -0.39 is 0 Å². The third-order valence-corrected chi connectivity index (χ3v) is 3.52. The van der Waals surface area contributed by atoms with Crippen LogP contribution in [0.4, 0.5) is 0 Å². The number of nitrogens with one attached hydrogen (secondary N) is 1. The molecule has 2 rings (SSSR count). The Morgan fingerprint density at radius 1 is 1.44 bits per heavy atom. The Bertz CT molecular complexity index is 397. The Kier molecular flexibility index (Phi) is 5.23. The summed E-state index contributed by atoms with van der Waals surface area (Å²) >= 11 is 0. The summed E-state index contributed by atoms with van der Waals surface area (Å²) in [6.45, 7) is 2.39. The van der Waals surface area contributed by atoms with Crippen LogP contribution in [0, 0.1) is 6.92 Å². The van der Waals surface area contributed by atoms with Crippen LogP contribution in [0.3, 0.4) is 0 Å². The van der Waals surface area contributed by atoms with E-state index in [-0.39, 0.29) is 23.9 Å². The lowest BCUT2D eigenvalue weighted by molar-refractivity contribution is 0.0909. The molecule has 0 bridgehead atoms. The SMILES string of the molecule is Cc1ccoc1C(=O)NCC1(N)CCCCC1.Cl. The van der Waals surface area contributed by atoms with Crippen LogP contribution in [-0.4, -0.2) is 18.0 Å². The van der Waals surface area contributed by atoms with Gasteiger partial charge in [-0.25, -0.2) is 0 Å². The fourth-order valence-corrected chi connectivity index (χ4v) is 2.37. The zero-order chi connectivity index (χ0) is 12.3. The minimum absolute atomic E-state index is 0. The minimum atomic E-state index is -0.228. The van der Waals surface area contributed by atoms with Gasteiger partial charge in [-0.05, 0) is 25.8 Å². The molecule has 0 saturated heterocycles. The third kappa shape index (κ3) is 3.50.